The Morgan fingerprint density at radius 2 is 0.721 bits per heavy atom. The Kier molecular flexibility index (Phi) is 7.31. The van der Waals surface area contributed by atoms with Gasteiger partial charge in [0.2, 0.25) is 0 Å². The third-order valence-corrected chi connectivity index (χ3v) is 12.8. The van der Waals surface area contributed by atoms with Gasteiger partial charge in [0.15, 0.2) is 0 Å². The average molecular weight is 776 g/mol. The molecule has 61 heavy (non-hydrogen) atoms. The molecule has 0 aliphatic rings. The van der Waals surface area contributed by atoms with Crippen molar-refractivity contribution in [3.8, 4) is 11.4 Å². The van der Waals surface area contributed by atoms with Gasteiger partial charge < -0.3 is 14.0 Å². The predicted octanol–water partition coefficient (Wildman–Crippen LogP) is 16.0. The zero-order chi connectivity index (χ0) is 40.0. The molecule has 13 aromatic rings. The van der Waals surface area contributed by atoms with Crippen LogP contribution in [-0.2, 0) is 0 Å². The first-order valence-electron chi connectivity index (χ1n) is 21.0. The number of fused-ring (bicyclic) bond motifs is 13. The number of rotatable bonds is 5. The number of para-hydroxylation sites is 4. The maximum atomic E-state index is 2.44. The van der Waals surface area contributed by atoms with E-state index in [0.29, 0.717) is 0 Å². The van der Waals surface area contributed by atoms with Gasteiger partial charge in [-0.2, -0.15) is 0 Å². The summed E-state index contributed by atoms with van der Waals surface area (Å²) in [6, 6.07) is 82.4. The van der Waals surface area contributed by atoms with Gasteiger partial charge in [0.05, 0.1) is 22.1 Å². The van der Waals surface area contributed by atoms with Crippen LogP contribution in [0.1, 0.15) is 0 Å². The molecule has 0 saturated carbocycles. The standard InChI is InChI=1S/C58H37N3/c1-2-14-41(15-3-1)61-57-24-11-8-21-52(57)53-33-27-39-25-29-45(37-54(39)58(53)61)59(44-30-34-47-40(35-44)28-32-48-46-18-5-4-13-38(46)26-31-49(47)48)42-16-12-17-43(36-42)60-55-22-9-6-19-50(55)51-20-7-10-23-56(51)60/h1-37H. The van der Waals surface area contributed by atoms with Crippen molar-refractivity contribution < 1.29 is 0 Å². The molecule has 284 valence electrons. The van der Waals surface area contributed by atoms with Crippen molar-refractivity contribution in [1.29, 1.82) is 0 Å². The molecule has 0 N–H and O–H groups in total. The van der Waals surface area contributed by atoms with Crippen LogP contribution in [0, 0.1) is 0 Å². The highest BCUT2D eigenvalue weighted by molar-refractivity contribution is 6.20. The number of aromatic nitrogens is 2. The summed E-state index contributed by atoms with van der Waals surface area (Å²) < 4.78 is 4.85. The highest BCUT2D eigenvalue weighted by Crippen LogP contribution is 2.43. The van der Waals surface area contributed by atoms with Crippen molar-refractivity contribution in [3.05, 3.63) is 224 Å². The fourth-order valence-electron chi connectivity index (χ4n) is 10.1. The van der Waals surface area contributed by atoms with Gasteiger partial charge in [-0.1, -0.05) is 152 Å². The molecule has 13 rings (SSSR count). The van der Waals surface area contributed by atoms with Gasteiger partial charge in [-0.05, 0) is 110 Å². The van der Waals surface area contributed by atoms with E-state index in [9.17, 15) is 0 Å². The number of hydrogen-bond donors (Lipinski definition) is 0. The second-order valence-electron chi connectivity index (χ2n) is 16.1. The molecule has 11 aromatic carbocycles. The Hall–Kier alpha value is -8.14. The smallest absolute Gasteiger partial charge is 0.0620 e. The van der Waals surface area contributed by atoms with E-state index in [-0.39, 0.29) is 0 Å². The first-order chi connectivity index (χ1) is 30.3. The number of anilines is 3. The average Bonchev–Trinajstić information content (AvgIpc) is 3.85. The number of hydrogen-bond acceptors (Lipinski definition) is 1. The van der Waals surface area contributed by atoms with Gasteiger partial charge in [0.25, 0.3) is 0 Å². The van der Waals surface area contributed by atoms with Gasteiger partial charge in [0, 0.05) is 55.4 Å². The lowest BCUT2D eigenvalue weighted by Gasteiger charge is -2.27. The Morgan fingerprint density at radius 1 is 0.246 bits per heavy atom. The summed E-state index contributed by atoms with van der Waals surface area (Å²) in [7, 11) is 0. The number of benzene rings is 11. The molecule has 0 radical (unpaired) electrons. The monoisotopic (exact) mass is 775 g/mol. The van der Waals surface area contributed by atoms with E-state index >= 15 is 0 Å². The zero-order valence-electron chi connectivity index (χ0n) is 33.2. The summed E-state index contributed by atoms with van der Waals surface area (Å²) in [6.45, 7) is 0. The van der Waals surface area contributed by atoms with E-state index in [2.05, 4.69) is 238 Å². The molecular weight excluding hydrogens is 739 g/mol. The first kappa shape index (κ1) is 33.8. The molecule has 0 atom stereocenters. The van der Waals surface area contributed by atoms with E-state index in [0.717, 1.165) is 28.4 Å². The van der Waals surface area contributed by atoms with Crippen LogP contribution in [0.25, 0.3) is 98.1 Å². The van der Waals surface area contributed by atoms with Crippen LogP contribution in [0.2, 0.25) is 0 Å². The molecule has 0 amide bonds. The van der Waals surface area contributed by atoms with Gasteiger partial charge in [0.1, 0.15) is 0 Å². The minimum absolute atomic E-state index is 1.08. The summed E-state index contributed by atoms with van der Waals surface area (Å²) in [6.07, 6.45) is 0. The molecule has 2 heterocycles. The molecule has 0 aliphatic carbocycles. The van der Waals surface area contributed by atoms with Gasteiger partial charge in [-0.3, -0.25) is 0 Å². The summed E-state index contributed by atoms with van der Waals surface area (Å²) >= 11 is 0. The highest BCUT2D eigenvalue weighted by atomic mass is 15.1. The van der Waals surface area contributed by atoms with Crippen LogP contribution < -0.4 is 4.90 Å². The summed E-state index contributed by atoms with van der Waals surface area (Å²) in [4.78, 5) is 2.44. The van der Waals surface area contributed by atoms with Gasteiger partial charge in [-0.25, -0.2) is 0 Å². The second-order valence-corrected chi connectivity index (χ2v) is 16.1. The van der Waals surface area contributed by atoms with E-state index < -0.39 is 0 Å². The molecular formula is C58H37N3. The van der Waals surface area contributed by atoms with Gasteiger partial charge >= 0.3 is 0 Å². The Balaban J connectivity index is 1.07. The fraction of sp³-hybridized carbons (Fsp3) is 0. The van der Waals surface area contributed by atoms with Gasteiger partial charge in [-0.15, -0.1) is 0 Å². The maximum absolute atomic E-state index is 2.44. The molecule has 0 unspecified atom stereocenters. The van der Waals surface area contributed by atoms with Crippen molar-refractivity contribution in [2.24, 2.45) is 0 Å². The highest BCUT2D eigenvalue weighted by Gasteiger charge is 2.20. The van der Waals surface area contributed by atoms with Crippen LogP contribution in [0.4, 0.5) is 17.1 Å². The van der Waals surface area contributed by atoms with E-state index in [4.69, 9.17) is 0 Å². The third kappa shape index (κ3) is 5.11. The normalized spacial score (nSPS) is 11.9. The topological polar surface area (TPSA) is 13.1 Å². The fourth-order valence-corrected chi connectivity index (χ4v) is 10.1. The SMILES string of the molecule is c1ccc(-n2c3ccccc3c3ccc4ccc(N(c5cccc(-n6c7ccccc7c7ccccc76)c5)c5ccc6c(ccc7c8ccccc8ccc67)c5)cc4c32)cc1. The lowest BCUT2D eigenvalue weighted by atomic mass is 9.96. The maximum Gasteiger partial charge on any atom is 0.0620 e. The number of nitrogens with zero attached hydrogens (tertiary/aromatic N) is 3. The third-order valence-electron chi connectivity index (χ3n) is 12.8. The minimum atomic E-state index is 1.08. The molecule has 3 heteroatoms. The lowest BCUT2D eigenvalue weighted by molar-refractivity contribution is 1.17. The van der Waals surface area contributed by atoms with Crippen LogP contribution in [0.5, 0.6) is 0 Å². The molecule has 2 aromatic heterocycles. The zero-order valence-corrected chi connectivity index (χ0v) is 33.2. The second kappa shape index (κ2) is 13.2. The summed E-state index contributed by atoms with van der Waals surface area (Å²) in [5, 5.41) is 14.9. The van der Waals surface area contributed by atoms with Crippen molar-refractivity contribution in [2.45, 2.75) is 0 Å². The Bertz CT molecular complexity index is 3840. The van der Waals surface area contributed by atoms with Crippen molar-refractivity contribution in [3.63, 3.8) is 0 Å². The van der Waals surface area contributed by atoms with Crippen molar-refractivity contribution in [1.82, 2.24) is 9.13 Å². The van der Waals surface area contributed by atoms with E-state index in [1.807, 2.05) is 0 Å². The molecule has 0 aliphatic heterocycles. The van der Waals surface area contributed by atoms with Crippen LogP contribution in [0.3, 0.4) is 0 Å². The van der Waals surface area contributed by atoms with E-state index in [1.165, 1.54) is 86.7 Å². The largest absolute Gasteiger partial charge is 0.310 e. The van der Waals surface area contributed by atoms with Crippen LogP contribution >= 0.6 is 0 Å². The summed E-state index contributed by atoms with van der Waals surface area (Å²) in [5.74, 6) is 0. The molecule has 0 bridgehead atoms. The molecule has 0 fully saturated rings. The molecule has 3 nitrogen and oxygen atoms in total. The van der Waals surface area contributed by atoms with Crippen LogP contribution in [-0.4, -0.2) is 9.13 Å². The van der Waals surface area contributed by atoms with Crippen molar-refractivity contribution in [2.75, 3.05) is 4.90 Å². The minimum Gasteiger partial charge on any atom is -0.310 e. The van der Waals surface area contributed by atoms with Crippen LogP contribution in [0.15, 0.2) is 224 Å². The first-order valence-corrected chi connectivity index (χ1v) is 21.0. The molecule has 0 spiro atoms. The Labute approximate surface area is 352 Å². The molecule has 0 saturated heterocycles. The lowest BCUT2D eigenvalue weighted by Crippen LogP contribution is -2.10. The van der Waals surface area contributed by atoms with E-state index in [1.54, 1.807) is 0 Å². The quantitative estimate of drug-likeness (QED) is 0.159. The predicted molar refractivity (Wildman–Crippen MR) is 260 cm³/mol. The summed E-state index contributed by atoms with van der Waals surface area (Å²) in [5.41, 5.74) is 10.3. The Morgan fingerprint density at radius 3 is 1.46 bits per heavy atom. The van der Waals surface area contributed by atoms with Crippen molar-refractivity contribution >= 4 is 104 Å².